The van der Waals surface area contributed by atoms with E-state index in [1.165, 1.54) is 5.56 Å². The first-order valence-corrected chi connectivity index (χ1v) is 6.41. The van der Waals surface area contributed by atoms with E-state index in [2.05, 4.69) is 15.2 Å². The topological polar surface area (TPSA) is 64.3 Å². The van der Waals surface area contributed by atoms with Gasteiger partial charge in [0.15, 0.2) is 0 Å². The van der Waals surface area contributed by atoms with E-state index in [4.69, 9.17) is 5.26 Å². The molecule has 17 heavy (non-hydrogen) atoms. The van der Waals surface area contributed by atoms with E-state index in [1.807, 2.05) is 50.1 Å². The molecule has 1 heterocycles. The zero-order chi connectivity index (χ0) is 12.1. The number of nitriles is 1. The molecule has 2 aromatic rings. The molecule has 1 aromatic heterocycles. The summed E-state index contributed by atoms with van der Waals surface area (Å²) in [7, 11) is 0. The first-order chi connectivity index (χ1) is 8.31. The van der Waals surface area contributed by atoms with Gasteiger partial charge in [0.05, 0.1) is 0 Å². The van der Waals surface area contributed by atoms with Gasteiger partial charge in [-0.3, -0.25) is 0 Å². The van der Waals surface area contributed by atoms with Crippen LogP contribution < -0.4 is 0 Å². The Kier molecular flexibility index (Phi) is 3.84. The second kappa shape index (κ2) is 5.56. The van der Waals surface area contributed by atoms with Crippen LogP contribution in [0, 0.1) is 11.3 Å². The molecule has 1 aromatic carbocycles. The van der Waals surface area contributed by atoms with Crippen molar-refractivity contribution in [3.8, 4) is 6.07 Å². The van der Waals surface area contributed by atoms with Gasteiger partial charge in [-0.25, -0.2) is 0 Å². The first kappa shape index (κ1) is 11.8. The molecule has 0 bridgehead atoms. The molecule has 5 heteroatoms. The zero-order valence-corrected chi connectivity index (χ0v) is 10.9. The Hall–Kier alpha value is -1.72. The van der Waals surface area contributed by atoms with Gasteiger partial charge in [0.1, 0.15) is 0 Å². The fraction of sp³-hybridized carbons (Fsp3) is 0.0833. The molecule has 2 rings (SSSR count). The molecule has 0 aliphatic carbocycles. The van der Waals surface area contributed by atoms with Crippen molar-refractivity contribution in [2.45, 2.75) is 4.81 Å². The molecule has 0 aliphatic heterocycles. The predicted molar refractivity (Wildman–Crippen MR) is 59.8 cm³/mol. The van der Waals surface area contributed by atoms with E-state index in [0.717, 1.165) is 10.5 Å². The molecular formula is C12H9MoN4. The van der Waals surface area contributed by atoms with Crippen molar-refractivity contribution in [2.24, 2.45) is 10.2 Å². The minimum atomic E-state index is 0.487. The molecular weight excluding hydrogens is 296 g/mol. The average Bonchev–Trinajstić information content (AvgIpc) is 2.85. The van der Waals surface area contributed by atoms with Gasteiger partial charge in [0.25, 0.3) is 0 Å². The van der Waals surface area contributed by atoms with Crippen molar-refractivity contribution < 1.29 is 19.8 Å². The Morgan fingerprint density at radius 2 is 1.88 bits per heavy atom. The van der Waals surface area contributed by atoms with E-state index in [0.29, 0.717) is 11.5 Å². The van der Waals surface area contributed by atoms with E-state index < -0.39 is 0 Å². The van der Waals surface area contributed by atoms with Gasteiger partial charge in [-0.15, -0.1) is 0 Å². The molecule has 0 saturated heterocycles. The zero-order valence-electron chi connectivity index (χ0n) is 8.92. The Morgan fingerprint density at radius 3 is 2.47 bits per heavy atom. The molecule has 0 unspecified atom stereocenters. The average molecular weight is 305 g/mol. The van der Waals surface area contributed by atoms with Crippen LogP contribution in [0.25, 0.3) is 0 Å². The first-order valence-electron chi connectivity index (χ1n) is 5.00. The summed E-state index contributed by atoms with van der Waals surface area (Å²) in [5.74, 6) is 0.585. The Balaban J connectivity index is 2.11. The van der Waals surface area contributed by atoms with Crippen molar-refractivity contribution in [3.05, 3.63) is 47.7 Å². The quantitative estimate of drug-likeness (QED) is 0.686. The van der Waals surface area contributed by atoms with Crippen molar-refractivity contribution >= 4 is 11.5 Å². The fourth-order valence-corrected chi connectivity index (χ4v) is 1.75. The SMILES string of the molecule is N#Cc1ccc(/N=N/c2ccc([CH2][Mo])cc2)[nH]1. The number of aromatic amines is 1. The third kappa shape index (κ3) is 3.12. The number of azo groups is 1. The van der Waals surface area contributed by atoms with Crippen molar-refractivity contribution in [1.29, 1.82) is 5.26 Å². The second-order valence-electron chi connectivity index (χ2n) is 3.38. The third-order valence-electron chi connectivity index (χ3n) is 2.17. The summed E-state index contributed by atoms with van der Waals surface area (Å²) in [5.41, 5.74) is 2.57. The van der Waals surface area contributed by atoms with Crippen LogP contribution in [0.3, 0.4) is 0 Å². The molecule has 0 radical (unpaired) electrons. The standard InChI is InChI=1S/C12H9N4.Mo/c1-9-2-4-10(5-3-9)15-16-12-7-6-11(8-13)14-12;/h2-7,14H,1H2;/b16-15+;. The summed E-state index contributed by atoms with van der Waals surface area (Å²) >= 11 is 2.04. The van der Waals surface area contributed by atoms with Gasteiger partial charge in [-0.2, -0.15) is 0 Å². The van der Waals surface area contributed by atoms with Gasteiger partial charge in [-0.05, 0) is 0 Å². The van der Waals surface area contributed by atoms with Crippen LogP contribution in [0.4, 0.5) is 11.5 Å². The molecule has 4 nitrogen and oxygen atoms in total. The monoisotopic (exact) mass is 307 g/mol. The maximum atomic E-state index is 8.64. The Bertz CT molecular complexity index is 563. The summed E-state index contributed by atoms with van der Waals surface area (Å²) in [5, 5.41) is 16.7. The van der Waals surface area contributed by atoms with Crippen LogP contribution in [-0.4, -0.2) is 4.98 Å². The summed E-state index contributed by atoms with van der Waals surface area (Å²) in [4.78, 5) is 3.86. The van der Waals surface area contributed by atoms with E-state index in [9.17, 15) is 0 Å². The summed E-state index contributed by atoms with van der Waals surface area (Å²) in [6.45, 7) is 0. The van der Waals surface area contributed by atoms with Crippen molar-refractivity contribution in [3.63, 3.8) is 0 Å². The van der Waals surface area contributed by atoms with Crippen LogP contribution in [0.1, 0.15) is 11.3 Å². The molecule has 0 amide bonds. The number of rotatable bonds is 3. The minimum absolute atomic E-state index is 0.487. The summed E-state index contributed by atoms with van der Waals surface area (Å²) in [6.07, 6.45) is 0. The Labute approximate surface area is 110 Å². The van der Waals surface area contributed by atoms with E-state index >= 15 is 0 Å². The van der Waals surface area contributed by atoms with Crippen molar-refractivity contribution in [1.82, 2.24) is 4.98 Å². The molecule has 0 spiro atoms. The number of benzene rings is 1. The molecule has 0 atom stereocenters. The van der Waals surface area contributed by atoms with Crippen LogP contribution in [0.2, 0.25) is 0 Å². The predicted octanol–water partition coefficient (Wildman–Crippen LogP) is 3.35. The van der Waals surface area contributed by atoms with Crippen LogP contribution in [0.5, 0.6) is 0 Å². The number of H-pyrrole nitrogens is 1. The van der Waals surface area contributed by atoms with Crippen LogP contribution in [0.15, 0.2) is 46.6 Å². The molecule has 1 N–H and O–H groups in total. The van der Waals surface area contributed by atoms with Gasteiger partial charge < -0.3 is 0 Å². The Morgan fingerprint density at radius 1 is 1.12 bits per heavy atom. The molecule has 0 aliphatic rings. The normalized spacial score (nSPS) is 10.5. The maximum absolute atomic E-state index is 8.64. The number of nitrogens with zero attached hydrogens (tertiary/aromatic N) is 3. The molecule has 0 fully saturated rings. The molecule has 0 saturated carbocycles. The summed E-state index contributed by atoms with van der Waals surface area (Å²) < 4.78 is 0. The van der Waals surface area contributed by atoms with Crippen molar-refractivity contribution in [2.75, 3.05) is 0 Å². The van der Waals surface area contributed by atoms with E-state index in [-0.39, 0.29) is 0 Å². The van der Waals surface area contributed by atoms with E-state index in [1.54, 1.807) is 12.1 Å². The molecule has 83 valence electrons. The number of nitrogens with one attached hydrogen (secondary N) is 1. The van der Waals surface area contributed by atoms with Gasteiger partial charge >= 0.3 is 110 Å². The number of aromatic nitrogens is 1. The fourth-order valence-electron chi connectivity index (χ4n) is 1.28. The van der Waals surface area contributed by atoms with Gasteiger partial charge in [-0.1, -0.05) is 0 Å². The van der Waals surface area contributed by atoms with Gasteiger partial charge in [0, 0.05) is 0 Å². The third-order valence-corrected chi connectivity index (χ3v) is 2.99. The van der Waals surface area contributed by atoms with Crippen LogP contribution >= 0.6 is 0 Å². The van der Waals surface area contributed by atoms with Gasteiger partial charge in [0.2, 0.25) is 0 Å². The van der Waals surface area contributed by atoms with Crippen LogP contribution in [-0.2, 0) is 24.6 Å². The number of hydrogen-bond acceptors (Lipinski definition) is 3. The second-order valence-corrected chi connectivity index (χ2v) is 4.09. The number of hydrogen-bond donors (Lipinski definition) is 1. The summed E-state index contributed by atoms with van der Waals surface area (Å²) in [6, 6.07) is 13.3.